The molecule has 71 heavy (non-hydrogen) atoms. The standard InChI is InChI=1S/2C32H41NO2.Yb/c2*1-30(2,3)26-20-23(29(34)27(21-26)31(4,5)6)22-33-19-13-18-28(33)32(35,24-14-9-7-10-15-24)25-16-11-8-12-17-25;/h2*7-12,14-17,20-21,28,34-35H,13,18-19,22H2,1-6H3;/q;;+2/t2*28-;/m00./s1. The van der Waals surface area contributed by atoms with Crippen LogP contribution in [0, 0.1) is 46.9 Å². The summed E-state index contributed by atoms with van der Waals surface area (Å²) in [6.07, 6.45) is 3.81. The van der Waals surface area contributed by atoms with Crippen molar-refractivity contribution >= 4 is 0 Å². The fraction of sp³-hybridized carbons (Fsp3) is 0.438. The second kappa shape index (κ2) is 22.4. The summed E-state index contributed by atoms with van der Waals surface area (Å²) in [6.45, 7) is 29.2. The summed E-state index contributed by atoms with van der Waals surface area (Å²) < 4.78 is 0. The number of likely N-dealkylation sites (tertiary alicyclic amines) is 2. The van der Waals surface area contributed by atoms with Gasteiger partial charge in [0.1, 0.15) is 22.7 Å². The number of hydrogen-bond donors (Lipinski definition) is 4. The zero-order chi connectivity index (χ0) is 50.9. The van der Waals surface area contributed by atoms with Crippen molar-refractivity contribution in [3.05, 3.63) is 201 Å². The van der Waals surface area contributed by atoms with E-state index in [0.717, 1.165) is 83.3 Å². The summed E-state index contributed by atoms with van der Waals surface area (Å²) in [5.74, 6) is 0.776. The third-order valence-electron chi connectivity index (χ3n) is 15.0. The van der Waals surface area contributed by atoms with Gasteiger partial charge in [0.15, 0.2) is 0 Å². The summed E-state index contributed by atoms with van der Waals surface area (Å²) in [4.78, 5) is 4.74. The predicted molar refractivity (Wildman–Crippen MR) is 290 cm³/mol. The van der Waals surface area contributed by atoms with Crippen molar-refractivity contribution in [3.63, 3.8) is 0 Å². The maximum atomic E-state index is 12.4. The number of aromatic hydroxyl groups is 2. The second-order valence-corrected chi connectivity index (χ2v) is 24.3. The molecule has 6 aromatic rings. The molecule has 0 unspecified atom stereocenters. The van der Waals surface area contributed by atoms with E-state index in [1.165, 1.54) is 11.1 Å². The SMILES string of the molecule is CC(C)(C)c1cc(CN2CCC[C@H]2C(O)(c2ccccc2)c2ccccc2)c(O)c(C(C)(C)C)c1.CC(C)(C)c1cc(CN2CCC[C@H]2C(O)(c2ccccc2)c2ccccc2)c(O)c(C(C)(C)C)c1.[Yb+2]. The Hall–Kier alpha value is -3.72. The molecule has 6 aromatic carbocycles. The summed E-state index contributed by atoms with van der Waals surface area (Å²) in [5, 5.41) is 47.7. The van der Waals surface area contributed by atoms with Crippen molar-refractivity contribution in [1.29, 1.82) is 0 Å². The van der Waals surface area contributed by atoms with Gasteiger partial charge in [-0.25, -0.2) is 0 Å². The van der Waals surface area contributed by atoms with Crippen LogP contribution < -0.4 is 0 Å². The van der Waals surface area contributed by atoms with Crippen molar-refractivity contribution in [3.8, 4) is 11.5 Å². The van der Waals surface area contributed by atoms with Crippen molar-refractivity contribution in [2.75, 3.05) is 13.1 Å². The van der Waals surface area contributed by atoms with Gasteiger partial charge in [0.05, 0.1) is 0 Å². The minimum Gasteiger partial charge on any atom is -0.507 e. The second-order valence-electron chi connectivity index (χ2n) is 24.3. The molecule has 0 radical (unpaired) electrons. The van der Waals surface area contributed by atoms with Gasteiger partial charge in [-0.05, 0) is 105 Å². The van der Waals surface area contributed by atoms with E-state index in [4.69, 9.17) is 0 Å². The Morgan fingerprint density at radius 2 is 0.662 bits per heavy atom. The molecule has 0 bridgehead atoms. The van der Waals surface area contributed by atoms with Crippen molar-refractivity contribution < 1.29 is 67.3 Å². The van der Waals surface area contributed by atoms with E-state index in [2.05, 4.69) is 117 Å². The number of phenolic OH excluding ortho intramolecular Hbond substituents is 2. The average Bonchev–Trinajstić information content (AvgIpc) is 4.00. The summed E-state index contributed by atoms with van der Waals surface area (Å²) in [5.41, 5.74) is 7.28. The molecule has 0 spiro atoms. The normalized spacial score (nSPS) is 17.4. The van der Waals surface area contributed by atoms with Gasteiger partial charge in [-0.3, -0.25) is 9.80 Å². The molecule has 384 valence electrons. The van der Waals surface area contributed by atoms with Gasteiger partial charge in [0.25, 0.3) is 0 Å². The van der Waals surface area contributed by atoms with E-state index in [1.54, 1.807) is 0 Å². The largest absolute Gasteiger partial charge is 2.00 e. The maximum Gasteiger partial charge on any atom is 2.00 e. The maximum absolute atomic E-state index is 12.4. The van der Waals surface area contributed by atoms with Crippen LogP contribution in [0.15, 0.2) is 146 Å². The molecular formula is C64H82N2O4Yb+2. The first-order chi connectivity index (χ1) is 32.8. The van der Waals surface area contributed by atoms with Crippen LogP contribution >= 0.6 is 0 Å². The number of aliphatic hydroxyl groups is 2. The van der Waals surface area contributed by atoms with Crippen LogP contribution in [-0.4, -0.2) is 55.4 Å². The van der Waals surface area contributed by atoms with Crippen molar-refractivity contribution in [2.24, 2.45) is 0 Å². The molecule has 2 saturated heterocycles. The van der Waals surface area contributed by atoms with E-state index in [0.29, 0.717) is 24.6 Å². The summed E-state index contributed by atoms with van der Waals surface area (Å²) in [6, 6.07) is 48.6. The zero-order valence-electron chi connectivity index (χ0n) is 44.6. The van der Waals surface area contributed by atoms with Gasteiger partial charge in [-0.15, -0.1) is 0 Å². The topological polar surface area (TPSA) is 87.4 Å². The Labute approximate surface area is 465 Å². The summed E-state index contributed by atoms with van der Waals surface area (Å²) in [7, 11) is 0. The zero-order valence-corrected chi connectivity index (χ0v) is 46.3. The van der Waals surface area contributed by atoms with Gasteiger partial charge in [-0.1, -0.05) is 229 Å². The molecule has 4 N–H and O–H groups in total. The Balaban J connectivity index is 0.000000229. The van der Waals surface area contributed by atoms with Crippen LogP contribution in [0.4, 0.5) is 0 Å². The van der Waals surface area contributed by atoms with Crippen LogP contribution in [-0.2, 0) is 46.0 Å². The number of hydrogen-bond acceptors (Lipinski definition) is 6. The Morgan fingerprint density at radius 3 is 0.901 bits per heavy atom. The van der Waals surface area contributed by atoms with Gasteiger partial charge >= 0.3 is 46.9 Å². The third kappa shape index (κ3) is 12.5. The molecule has 6 nitrogen and oxygen atoms in total. The molecule has 2 fully saturated rings. The quantitative estimate of drug-likeness (QED) is 0.109. The Bertz CT molecular complexity index is 2390. The van der Waals surface area contributed by atoms with Gasteiger partial charge < -0.3 is 20.4 Å². The molecule has 2 aliphatic rings. The molecule has 2 aliphatic heterocycles. The van der Waals surface area contributed by atoms with E-state index in [9.17, 15) is 20.4 Å². The number of phenols is 2. The van der Waals surface area contributed by atoms with Gasteiger partial charge in [0.2, 0.25) is 0 Å². The molecule has 2 atom stereocenters. The van der Waals surface area contributed by atoms with Crippen LogP contribution in [0.1, 0.15) is 164 Å². The first-order valence-corrected chi connectivity index (χ1v) is 25.7. The van der Waals surface area contributed by atoms with Gasteiger partial charge in [-0.2, -0.15) is 0 Å². The first kappa shape index (κ1) is 56.6. The van der Waals surface area contributed by atoms with Gasteiger partial charge in [0, 0.05) is 36.3 Å². The average molecular weight is 1120 g/mol. The molecular weight excluding hydrogens is 1030 g/mol. The molecule has 0 amide bonds. The number of benzene rings is 6. The molecule has 8 rings (SSSR count). The van der Waals surface area contributed by atoms with E-state index in [-0.39, 0.29) is 80.7 Å². The third-order valence-corrected chi connectivity index (χ3v) is 15.0. The fourth-order valence-corrected chi connectivity index (χ4v) is 10.9. The fourth-order valence-electron chi connectivity index (χ4n) is 10.9. The monoisotopic (exact) mass is 1120 g/mol. The van der Waals surface area contributed by atoms with E-state index >= 15 is 0 Å². The molecule has 0 aromatic heterocycles. The molecule has 0 aliphatic carbocycles. The van der Waals surface area contributed by atoms with Crippen LogP contribution in [0.5, 0.6) is 11.5 Å². The summed E-state index contributed by atoms with van der Waals surface area (Å²) >= 11 is 0. The number of rotatable bonds is 10. The van der Waals surface area contributed by atoms with Crippen LogP contribution in [0.2, 0.25) is 0 Å². The van der Waals surface area contributed by atoms with Crippen molar-refractivity contribution in [2.45, 2.75) is 167 Å². The Morgan fingerprint density at radius 1 is 0.394 bits per heavy atom. The minimum absolute atomic E-state index is 0. The van der Waals surface area contributed by atoms with Crippen LogP contribution in [0.25, 0.3) is 0 Å². The minimum atomic E-state index is -1.14. The Kier molecular flexibility index (Phi) is 17.9. The predicted octanol–water partition coefficient (Wildman–Crippen LogP) is 13.8. The van der Waals surface area contributed by atoms with Crippen LogP contribution in [0.3, 0.4) is 0 Å². The number of nitrogens with zero attached hydrogens (tertiary/aromatic N) is 2. The van der Waals surface area contributed by atoms with E-state index in [1.807, 2.05) is 121 Å². The first-order valence-electron chi connectivity index (χ1n) is 25.7. The smallest absolute Gasteiger partial charge is 0.507 e. The van der Waals surface area contributed by atoms with Crippen molar-refractivity contribution in [1.82, 2.24) is 9.80 Å². The van der Waals surface area contributed by atoms with E-state index < -0.39 is 11.2 Å². The molecule has 7 heteroatoms. The molecule has 0 saturated carbocycles. The molecule has 2 heterocycles.